The molecule has 0 amide bonds. The number of likely N-dealkylation sites (N-methyl/N-ethyl adjacent to an activating group) is 1. The third-order valence-electron chi connectivity index (χ3n) is 11.4. The number of aliphatic hydroxyl groups is 5. The van der Waals surface area contributed by atoms with E-state index >= 15 is 0 Å². The molecule has 0 aromatic carbocycles. The van der Waals surface area contributed by atoms with E-state index in [1.165, 1.54) is 27.9 Å². The Hall–Kier alpha value is -1.30. The lowest BCUT2D eigenvalue weighted by Crippen LogP contribution is -2.60. The molecule has 2 fully saturated rings. The number of aliphatic hydroxyl groups excluding tert-OH is 3. The van der Waals surface area contributed by atoms with Gasteiger partial charge in [-0.3, -0.25) is 9.59 Å². The van der Waals surface area contributed by atoms with E-state index in [1.54, 1.807) is 34.6 Å². The number of hydrogen-bond donors (Lipinski definition) is 6. The van der Waals surface area contributed by atoms with Crippen LogP contribution in [-0.2, 0) is 33.3 Å². The minimum Gasteiger partial charge on any atom is -0.481 e. The van der Waals surface area contributed by atoms with Gasteiger partial charge in [0.1, 0.15) is 18.0 Å². The highest BCUT2D eigenvalue weighted by molar-refractivity contribution is 5.83. The normalized spacial score (nSPS) is 35.5. The minimum atomic E-state index is -1.85. The lowest BCUT2D eigenvalue weighted by molar-refractivity contribution is -0.317. The molecule has 51 heavy (non-hydrogen) atoms. The van der Waals surface area contributed by atoms with Crippen molar-refractivity contribution in [3.63, 3.8) is 0 Å². The first-order valence-corrected chi connectivity index (χ1v) is 18.4. The Morgan fingerprint density at radius 3 is 2.10 bits per heavy atom. The molecule has 0 radical (unpaired) electrons. The van der Waals surface area contributed by atoms with Crippen molar-refractivity contribution < 1.29 is 63.9 Å². The van der Waals surface area contributed by atoms with Crippen LogP contribution in [-0.4, -0.2) is 147 Å². The van der Waals surface area contributed by atoms with Crippen molar-refractivity contribution >= 4 is 11.8 Å². The Labute approximate surface area is 304 Å². The standard InChI is InChI=1S/C37H69NO13/c1-14-15-35(8,45)30(41)21(4)27(39)19(2)17-36(9,46)32(51-34-28(40)25(38(11)12)16-20(3)48-34)22(5)29(23(6)33(43)44)50-26-18-37(10,47-13)31(42)24(7)49-26/h19-26,28-32,34,40-42,45-46H,14-18H2,1-13H3,(H,43,44). The maximum Gasteiger partial charge on any atom is 0.308 e. The number of methoxy groups -OCH3 is 1. The number of Topliss-reactive ketones (excluding diaryl/α,β-unsaturated/α-hetero) is 1. The molecule has 17 unspecified atom stereocenters. The molecule has 0 spiro atoms. The van der Waals surface area contributed by atoms with Crippen LogP contribution in [0.2, 0.25) is 0 Å². The number of ketones is 1. The number of carbonyl (C=O) groups is 2. The van der Waals surface area contributed by atoms with Crippen molar-refractivity contribution in [2.24, 2.45) is 23.7 Å². The molecule has 17 atom stereocenters. The fourth-order valence-corrected chi connectivity index (χ4v) is 8.05. The molecule has 6 N–H and O–H groups in total. The lowest BCUT2D eigenvalue weighted by atomic mass is 9.74. The van der Waals surface area contributed by atoms with Crippen LogP contribution in [0.4, 0.5) is 0 Å². The van der Waals surface area contributed by atoms with Crippen molar-refractivity contribution in [3.8, 4) is 0 Å². The summed E-state index contributed by atoms with van der Waals surface area (Å²) in [5.74, 6) is -5.42. The van der Waals surface area contributed by atoms with Crippen LogP contribution in [0.3, 0.4) is 0 Å². The average Bonchev–Trinajstić information content (AvgIpc) is 3.03. The molecule has 14 heteroatoms. The zero-order chi connectivity index (χ0) is 39.4. The molecule has 300 valence electrons. The molecular weight excluding hydrogens is 666 g/mol. The molecule has 2 heterocycles. The van der Waals surface area contributed by atoms with Crippen LogP contribution in [0, 0.1) is 23.7 Å². The summed E-state index contributed by atoms with van der Waals surface area (Å²) >= 11 is 0. The number of carbonyl (C=O) groups excluding carboxylic acids is 1. The summed E-state index contributed by atoms with van der Waals surface area (Å²) in [7, 11) is 5.12. The van der Waals surface area contributed by atoms with Gasteiger partial charge in [0.2, 0.25) is 0 Å². The fourth-order valence-electron chi connectivity index (χ4n) is 8.05. The smallest absolute Gasteiger partial charge is 0.308 e. The van der Waals surface area contributed by atoms with Gasteiger partial charge in [-0.25, -0.2) is 0 Å². The van der Waals surface area contributed by atoms with Gasteiger partial charge in [-0.1, -0.05) is 34.1 Å². The summed E-state index contributed by atoms with van der Waals surface area (Å²) in [6.07, 6.45) is -7.84. The Morgan fingerprint density at radius 2 is 1.59 bits per heavy atom. The molecule has 2 rings (SSSR count). The Bertz CT molecular complexity index is 1120. The first-order valence-electron chi connectivity index (χ1n) is 18.4. The summed E-state index contributed by atoms with van der Waals surface area (Å²) in [6.45, 7) is 16.4. The predicted molar refractivity (Wildman–Crippen MR) is 189 cm³/mol. The predicted octanol–water partition coefficient (Wildman–Crippen LogP) is 2.33. The fraction of sp³-hybridized carbons (Fsp3) is 0.946. The third kappa shape index (κ3) is 11.1. The van der Waals surface area contributed by atoms with Crippen molar-refractivity contribution in [2.75, 3.05) is 21.2 Å². The molecule has 0 aromatic heterocycles. The number of nitrogens with zero attached hydrogens (tertiary/aromatic N) is 1. The third-order valence-corrected chi connectivity index (χ3v) is 11.4. The van der Waals surface area contributed by atoms with Crippen molar-refractivity contribution in [1.82, 2.24) is 4.90 Å². The Kier molecular flexibility index (Phi) is 16.5. The number of carboxylic acids is 1. The topological polar surface area (TPSA) is 205 Å². The first-order chi connectivity index (χ1) is 23.3. The number of rotatable bonds is 19. The minimum absolute atomic E-state index is 0.0759. The summed E-state index contributed by atoms with van der Waals surface area (Å²) < 4.78 is 30.6. The molecule has 0 bridgehead atoms. The van der Waals surface area contributed by atoms with Crippen LogP contribution in [0.1, 0.15) is 101 Å². The number of ether oxygens (including phenoxy) is 5. The van der Waals surface area contributed by atoms with Gasteiger partial charge >= 0.3 is 5.97 Å². The largest absolute Gasteiger partial charge is 0.481 e. The zero-order valence-corrected chi connectivity index (χ0v) is 33.1. The van der Waals surface area contributed by atoms with Crippen LogP contribution in [0.25, 0.3) is 0 Å². The van der Waals surface area contributed by atoms with E-state index in [1.807, 2.05) is 32.8 Å². The molecule has 14 nitrogen and oxygen atoms in total. The summed E-state index contributed by atoms with van der Waals surface area (Å²) in [5, 5.41) is 66.5. The van der Waals surface area contributed by atoms with Gasteiger partial charge in [-0.05, 0) is 74.9 Å². The Morgan fingerprint density at radius 1 is 1.00 bits per heavy atom. The summed E-state index contributed by atoms with van der Waals surface area (Å²) in [5.41, 5.74) is -4.40. The summed E-state index contributed by atoms with van der Waals surface area (Å²) in [6, 6.07) is -0.348. The lowest BCUT2D eigenvalue weighted by Gasteiger charge is -2.48. The van der Waals surface area contributed by atoms with Gasteiger partial charge in [-0.15, -0.1) is 0 Å². The van der Waals surface area contributed by atoms with Crippen molar-refractivity contribution in [1.29, 1.82) is 0 Å². The van der Waals surface area contributed by atoms with E-state index in [0.717, 1.165) is 0 Å². The van der Waals surface area contributed by atoms with E-state index in [4.69, 9.17) is 23.7 Å². The van der Waals surface area contributed by atoms with E-state index in [2.05, 4.69) is 0 Å². The average molecular weight is 736 g/mol. The zero-order valence-electron chi connectivity index (χ0n) is 33.1. The molecule has 2 aliphatic rings. The van der Waals surface area contributed by atoms with Gasteiger partial charge in [-0.2, -0.15) is 0 Å². The molecule has 0 aromatic rings. The van der Waals surface area contributed by atoms with E-state index in [9.17, 15) is 40.2 Å². The maximum atomic E-state index is 13.7. The molecule has 0 aliphatic carbocycles. The number of aliphatic carboxylic acids is 1. The quantitative estimate of drug-likeness (QED) is 0.113. The van der Waals surface area contributed by atoms with Gasteiger partial charge < -0.3 is 59.2 Å². The SMILES string of the molecule is CCCC(C)(O)C(O)C(C)C(=O)C(C)CC(C)(O)C(OC1OC(C)CC(N(C)C)C1O)C(C)C(OC1CC(C)(OC)C(O)C(C)O1)C(C)C(=O)O. The van der Waals surface area contributed by atoms with Crippen LogP contribution < -0.4 is 0 Å². The van der Waals surface area contributed by atoms with Crippen LogP contribution in [0.5, 0.6) is 0 Å². The molecule has 2 saturated heterocycles. The second-order valence-corrected chi connectivity index (χ2v) is 16.4. The van der Waals surface area contributed by atoms with E-state index in [0.29, 0.717) is 12.8 Å². The second kappa shape index (κ2) is 18.4. The van der Waals surface area contributed by atoms with Gasteiger partial charge in [0, 0.05) is 37.3 Å². The molecule has 2 aliphatic heterocycles. The van der Waals surface area contributed by atoms with Crippen molar-refractivity contribution in [3.05, 3.63) is 0 Å². The first kappa shape index (κ1) is 45.9. The van der Waals surface area contributed by atoms with Crippen molar-refractivity contribution in [2.45, 2.75) is 179 Å². The molecular formula is C37H69NO13. The van der Waals surface area contributed by atoms with E-state index in [-0.39, 0.29) is 37.2 Å². The number of carboxylic acid groups (broad SMARTS) is 1. The van der Waals surface area contributed by atoms with Gasteiger partial charge in [0.15, 0.2) is 12.6 Å². The van der Waals surface area contributed by atoms with E-state index < -0.39 is 95.6 Å². The Balaban J connectivity index is 2.56. The van der Waals surface area contributed by atoms with Gasteiger partial charge in [0.05, 0.1) is 53.2 Å². The van der Waals surface area contributed by atoms with Crippen LogP contribution in [0.15, 0.2) is 0 Å². The highest BCUT2D eigenvalue weighted by atomic mass is 16.7. The summed E-state index contributed by atoms with van der Waals surface area (Å²) in [4.78, 5) is 28.1. The monoisotopic (exact) mass is 735 g/mol. The van der Waals surface area contributed by atoms with Gasteiger partial charge in [0.25, 0.3) is 0 Å². The highest BCUT2D eigenvalue weighted by Gasteiger charge is 2.51. The maximum absolute atomic E-state index is 13.7. The second-order valence-electron chi connectivity index (χ2n) is 16.4. The molecule has 0 saturated carbocycles. The van der Waals surface area contributed by atoms with Crippen LogP contribution >= 0.6 is 0 Å². The number of hydrogen-bond acceptors (Lipinski definition) is 13. The highest BCUT2D eigenvalue weighted by Crippen LogP contribution is 2.39.